The molecule has 0 bridgehead atoms. The Morgan fingerprint density at radius 3 is 2.55 bits per heavy atom. The van der Waals surface area contributed by atoms with E-state index in [-0.39, 0.29) is 29.9 Å². The lowest BCUT2D eigenvalue weighted by atomic mass is 10.1. The van der Waals surface area contributed by atoms with Crippen LogP contribution >= 0.6 is 24.0 Å². The average Bonchev–Trinajstić information content (AvgIpc) is 3.13. The number of nitrogens with zero attached hydrogens (tertiary/aromatic N) is 5. The summed E-state index contributed by atoms with van der Waals surface area (Å²) in [7, 11) is 3.49. The van der Waals surface area contributed by atoms with Gasteiger partial charge in [-0.25, -0.2) is 4.99 Å². The first-order valence-electron chi connectivity index (χ1n) is 9.20. The highest BCUT2D eigenvalue weighted by Gasteiger charge is 2.08. The van der Waals surface area contributed by atoms with Crippen molar-refractivity contribution in [2.75, 3.05) is 20.6 Å². The van der Waals surface area contributed by atoms with Gasteiger partial charge in [0.25, 0.3) is 5.91 Å². The van der Waals surface area contributed by atoms with Gasteiger partial charge in [0.2, 0.25) is 0 Å². The van der Waals surface area contributed by atoms with Gasteiger partial charge in [-0.05, 0) is 36.8 Å². The van der Waals surface area contributed by atoms with E-state index < -0.39 is 0 Å². The first-order chi connectivity index (χ1) is 13.6. The summed E-state index contributed by atoms with van der Waals surface area (Å²) in [4.78, 5) is 18.1. The van der Waals surface area contributed by atoms with E-state index in [1.54, 1.807) is 19.0 Å². The normalized spacial score (nSPS) is 11.1. The minimum atomic E-state index is -0.00871. The topological polar surface area (TPSA) is 86.9 Å². The van der Waals surface area contributed by atoms with Crippen molar-refractivity contribution in [1.29, 1.82) is 0 Å². The lowest BCUT2D eigenvalue weighted by Gasteiger charge is -2.11. The van der Waals surface area contributed by atoms with E-state index in [0.717, 1.165) is 23.6 Å². The zero-order chi connectivity index (χ0) is 19.9. The molecular formula is C20H26IN7O. The molecule has 0 aliphatic rings. The largest absolute Gasteiger partial charge is 0.357 e. The highest BCUT2D eigenvalue weighted by molar-refractivity contribution is 14.0. The van der Waals surface area contributed by atoms with Crippen LogP contribution in [0.4, 0.5) is 0 Å². The molecule has 154 valence electrons. The van der Waals surface area contributed by atoms with E-state index in [1.807, 2.05) is 60.0 Å². The van der Waals surface area contributed by atoms with Crippen molar-refractivity contribution in [1.82, 2.24) is 30.1 Å². The maximum absolute atomic E-state index is 12.0. The summed E-state index contributed by atoms with van der Waals surface area (Å²) in [5.41, 5.74) is 2.51. The molecule has 0 unspecified atom stereocenters. The molecule has 0 saturated carbocycles. The van der Waals surface area contributed by atoms with E-state index in [0.29, 0.717) is 24.6 Å². The van der Waals surface area contributed by atoms with Crippen LogP contribution in [0.1, 0.15) is 28.7 Å². The Kier molecular flexibility index (Phi) is 8.37. The number of hydrogen-bond donors (Lipinski definition) is 2. The zero-order valence-corrected chi connectivity index (χ0v) is 19.1. The van der Waals surface area contributed by atoms with Gasteiger partial charge in [-0.3, -0.25) is 9.20 Å². The fourth-order valence-electron chi connectivity index (χ4n) is 2.70. The van der Waals surface area contributed by atoms with Crippen molar-refractivity contribution < 1.29 is 4.79 Å². The van der Waals surface area contributed by atoms with Crippen molar-refractivity contribution >= 4 is 41.5 Å². The number of halogens is 1. The molecule has 2 N–H and O–H groups in total. The average molecular weight is 507 g/mol. The molecule has 8 nitrogen and oxygen atoms in total. The molecule has 2 aromatic heterocycles. The number of carbonyl (C=O) groups excluding carboxylic acids is 1. The van der Waals surface area contributed by atoms with Crippen LogP contribution in [-0.2, 0) is 13.1 Å². The Balaban J connectivity index is 0.00000300. The molecule has 29 heavy (non-hydrogen) atoms. The minimum absolute atomic E-state index is 0. The van der Waals surface area contributed by atoms with Crippen molar-refractivity contribution in [2.45, 2.75) is 20.0 Å². The fourth-order valence-corrected chi connectivity index (χ4v) is 2.70. The van der Waals surface area contributed by atoms with Crippen molar-refractivity contribution in [3.63, 3.8) is 0 Å². The first kappa shape index (κ1) is 22.6. The highest BCUT2D eigenvalue weighted by Crippen LogP contribution is 2.08. The number of guanidine groups is 1. The number of nitrogens with one attached hydrogen (secondary N) is 2. The third-order valence-corrected chi connectivity index (χ3v) is 4.17. The Morgan fingerprint density at radius 2 is 1.86 bits per heavy atom. The maximum Gasteiger partial charge on any atom is 0.253 e. The molecule has 0 aliphatic carbocycles. The molecule has 1 aromatic carbocycles. The molecule has 3 rings (SSSR count). The molecule has 0 radical (unpaired) electrons. The molecule has 0 spiro atoms. The van der Waals surface area contributed by atoms with Gasteiger partial charge < -0.3 is 15.5 Å². The molecule has 0 atom stereocenters. The van der Waals surface area contributed by atoms with Crippen molar-refractivity contribution in [3.8, 4) is 0 Å². The number of aliphatic imine (C=N–C) groups is 1. The zero-order valence-electron chi connectivity index (χ0n) is 16.8. The van der Waals surface area contributed by atoms with E-state index in [1.165, 1.54) is 0 Å². The number of amides is 1. The molecule has 9 heteroatoms. The molecule has 0 saturated heterocycles. The molecule has 1 amide bonds. The smallest absolute Gasteiger partial charge is 0.253 e. The number of rotatable bonds is 6. The van der Waals surface area contributed by atoms with E-state index in [4.69, 9.17) is 0 Å². The van der Waals surface area contributed by atoms with Crippen molar-refractivity contribution in [2.24, 2.45) is 4.99 Å². The maximum atomic E-state index is 12.0. The van der Waals surface area contributed by atoms with Crippen LogP contribution in [0.3, 0.4) is 0 Å². The van der Waals surface area contributed by atoms with Crippen LogP contribution in [0.25, 0.3) is 5.65 Å². The molecular weight excluding hydrogens is 481 g/mol. The van der Waals surface area contributed by atoms with Gasteiger partial charge in [0.1, 0.15) is 0 Å². The van der Waals surface area contributed by atoms with Crippen LogP contribution in [0.2, 0.25) is 0 Å². The molecule has 0 fully saturated rings. The van der Waals surface area contributed by atoms with Gasteiger partial charge in [0.05, 0.1) is 13.1 Å². The summed E-state index contributed by atoms with van der Waals surface area (Å²) in [6, 6.07) is 13.3. The number of aromatic nitrogens is 3. The number of carbonyl (C=O) groups is 1. The second-order valence-electron chi connectivity index (χ2n) is 6.49. The summed E-state index contributed by atoms with van der Waals surface area (Å²) in [5.74, 6) is 1.50. The summed E-state index contributed by atoms with van der Waals surface area (Å²) in [6.45, 7) is 3.79. The lowest BCUT2D eigenvalue weighted by Crippen LogP contribution is -2.37. The SMILES string of the molecule is CCNC(=NCc1ccc(C(=O)N(C)C)cc1)NCc1nnc2ccccn12.I. The molecule has 3 aromatic rings. The molecule has 0 aliphatic heterocycles. The monoisotopic (exact) mass is 507 g/mol. The van der Waals surface area contributed by atoms with Crippen LogP contribution in [0.5, 0.6) is 0 Å². The van der Waals surface area contributed by atoms with Gasteiger partial charge in [-0.1, -0.05) is 18.2 Å². The van der Waals surface area contributed by atoms with Crippen LogP contribution in [-0.4, -0.2) is 52.0 Å². The second-order valence-corrected chi connectivity index (χ2v) is 6.49. The van der Waals surface area contributed by atoms with E-state index in [9.17, 15) is 4.79 Å². The number of benzene rings is 1. The predicted octanol–water partition coefficient (Wildman–Crippen LogP) is 2.30. The third kappa shape index (κ3) is 5.89. The van der Waals surface area contributed by atoms with E-state index >= 15 is 0 Å². The lowest BCUT2D eigenvalue weighted by molar-refractivity contribution is 0.0827. The predicted molar refractivity (Wildman–Crippen MR) is 125 cm³/mol. The summed E-state index contributed by atoms with van der Waals surface area (Å²) >= 11 is 0. The van der Waals surface area contributed by atoms with Crippen LogP contribution in [0.15, 0.2) is 53.7 Å². The molecule has 2 heterocycles. The minimum Gasteiger partial charge on any atom is -0.357 e. The van der Waals surface area contributed by atoms with Gasteiger partial charge in [0.15, 0.2) is 17.4 Å². The Labute approximate surface area is 187 Å². The number of hydrogen-bond acceptors (Lipinski definition) is 4. The highest BCUT2D eigenvalue weighted by atomic mass is 127. The Morgan fingerprint density at radius 1 is 1.10 bits per heavy atom. The first-order valence-corrected chi connectivity index (χ1v) is 9.20. The van der Waals surface area contributed by atoms with E-state index in [2.05, 4.69) is 25.8 Å². The van der Waals surface area contributed by atoms with Gasteiger partial charge >= 0.3 is 0 Å². The summed E-state index contributed by atoms with van der Waals surface area (Å²) in [5, 5.41) is 14.9. The Bertz CT molecular complexity index is 966. The van der Waals surface area contributed by atoms with Gasteiger partial charge in [0, 0.05) is 32.4 Å². The van der Waals surface area contributed by atoms with Crippen LogP contribution < -0.4 is 10.6 Å². The summed E-state index contributed by atoms with van der Waals surface area (Å²) < 4.78 is 1.94. The fraction of sp³-hybridized carbons (Fsp3) is 0.300. The standard InChI is InChI=1S/C20H25N7O.HI/c1-4-21-20(23-14-18-25-24-17-7-5-6-12-27(17)18)22-13-15-8-10-16(11-9-15)19(28)26(2)3;/h5-12H,4,13-14H2,1-3H3,(H2,21,22,23);1H. The van der Waals surface area contributed by atoms with Gasteiger partial charge in [-0.15, -0.1) is 34.2 Å². The summed E-state index contributed by atoms with van der Waals surface area (Å²) in [6.07, 6.45) is 1.94. The van der Waals surface area contributed by atoms with Gasteiger partial charge in [-0.2, -0.15) is 0 Å². The second kappa shape index (κ2) is 10.7. The third-order valence-electron chi connectivity index (χ3n) is 4.17. The Hall–Kier alpha value is -2.69. The quantitative estimate of drug-likeness (QED) is 0.304. The number of fused-ring (bicyclic) bond motifs is 1. The van der Waals surface area contributed by atoms with Crippen molar-refractivity contribution in [3.05, 3.63) is 65.6 Å². The van der Waals surface area contributed by atoms with Crippen LogP contribution in [0, 0.1) is 0 Å². The number of pyridine rings is 1.